The number of carbonyl (C=O) groups is 1. The number of benzene rings is 2. The summed E-state index contributed by atoms with van der Waals surface area (Å²) in [5.41, 5.74) is 4.96. The number of allylic oxidation sites excluding steroid dienone is 1. The smallest absolute Gasteiger partial charge is 0.335 e. The number of fused-ring (bicyclic) bond motifs is 1. The van der Waals surface area contributed by atoms with Crippen LogP contribution in [0.5, 0.6) is 5.75 Å². The van der Waals surface area contributed by atoms with E-state index in [-0.39, 0.29) is 5.41 Å². The van der Waals surface area contributed by atoms with Gasteiger partial charge in [-0.3, -0.25) is 0 Å². The number of rotatable bonds is 4. The third-order valence-corrected chi connectivity index (χ3v) is 6.04. The van der Waals surface area contributed by atoms with Gasteiger partial charge in [-0.25, -0.2) is 4.79 Å². The molecule has 4 heteroatoms. The molecule has 1 heterocycles. The van der Waals surface area contributed by atoms with Gasteiger partial charge >= 0.3 is 5.97 Å². The summed E-state index contributed by atoms with van der Waals surface area (Å²) in [5.74, 6) is 1.11. The van der Waals surface area contributed by atoms with Crippen molar-refractivity contribution in [3.05, 3.63) is 58.7 Å². The van der Waals surface area contributed by atoms with Crippen LogP contribution in [0.4, 0.5) is 0 Å². The highest BCUT2D eigenvalue weighted by Gasteiger charge is 2.29. The topological polar surface area (TPSA) is 46.5 Å². The highest BCUT2D eigenvalue weighted by Crippen LogP contribution is 2.45. The Balaban J connectivity index is 2.01. The molecule has 3 nitrogen and oxygen atoms in total. The molecule has 0 fully saturated rings. The minimum atomic E-state index is -0.909. The first-order chi connectivity index (χ1) is 12.3. The molecule has 0 saturated carbocycles. The van der Waals surface area contributed by atoms with Crippen LogP contribution in [0.25, 0.3) is 11.6 Å². The maximum Gasteiger partial charge on any atom is 0.335 e. The van der Waals surface area contributed by atoms with E-state index < -0.39 is 5.97 Å². The number of hydrogen-bond donors (Lipinski definition) is 1. The fourth-order valence-corrected chi connectivity index (χ4v) is 4.81. The summed E-state index contributed by atoms with van der Waals surface area (Å²) in [6, 6.07) is 11.3. The number of carboxylic acids is 1. The Morgan fingerprint density at radius 1 is 1.23 bits per heavy atom. The van der Waals surface area contributed by atoms with E-state index in [1.807, 2.05) is 23.9 Å². The van der Waals surface area contributed by atoms with Crippen LogP contribution in [0.3, 0.4) is 0 Å². The second-order valence-electron chi connectivity index (χ2n) is 7.29. The van der Waals surface area contributed by atoms with E-state index in [2.05, 4.69) is 39.0 Å². The summed E-state index contributed by atoms with van der Waals surface area (Å²) in [4.78, 5) is 12.3. The second kappa shape index (κ2) is 7.20. The first-order valence-electron chi connectivity index (χ1n) is 8.69. The van der Waals surface area contributed by atoms with E-state index in [0.717, 1.165) is 34.6 Å². The predicted octanol–water partition coefficient (Wildman–Crippen LogP) is 5.73. The summed E-state index contributed by atoms with van der Waals surface area (Å²) < 4.78 is 5.69. The fraction of sp³-hybridized carbons (Fsp3) is 0.318. The van der Waals surface area contributed by atoms with Gasteiger partial charge < -0.3 is 9.84 Å². The van der Waals surface area contributed by atoms with E-state index in [1.54, 1.807) is 19.2 Å². The quantitative estimate of drug-likeness (QED) is 0.700. The van der Waals surface area contributed by atoms with Gasteiger partial charge in [-0.1, -0.05) is 32.1 Å². The predicted molar refractivity (Wildman–Crippen MR) is 108 cm³/mol. The largest absolute Gasteiger partial charge is 0.496 e. The Labute approximate surface area is 159 Å². The van der Waals surface area contributed by atoms with E-state index >= 15 is 0 Å². The molecule has 0 saturated heterocycles. The zero-order valence-electron chi connectivity index (χ0n) is 15.6. The Bertz CT molecular complexity index is 864. The van der Waals surface area contributed by atoms with E-state index in [1.165, 1.54) is 10.5 Å². The van der Waals surface area contributed by atoms with Gasteiger partial charge in [-0.2, -0.15) is 0 Å². The summed E-state index contributed by atoms with van der Waals surface area (Å²) in [5, 5.41) is 9.02. The number of carboxylic acid groups (broad SMARTS) is 1. The van der Waals surface area contributed by atoms with Gasteiger partial charge in [0.15, 0.2) is 0 Å². The number of methoxy groups -OCH3 is 1. The molecule has 0 spiro atoms. The molecular formula is C22H24O3S. The first kappa shape index (κ1) is 18.6. The van der Waals surface area contributed by atoms with Crippen molar-refractivity contribution in [2.45, 2.75) is 37.5 Å². The molecule has 3 rings (SSSR count). The van der Waals surface area contributed by atoms with Crippen LogP contribution in [-0.2, 0) is 5.41 Å². The third kappa shape index (κ3) is 3.65. The molecule has 0 aliphatic carbocycles. The van der Waals surface area contributed by atoms with Crippen molar-refractivity contribution in [3.8, 4) is 5.75 Å². The Kier molecular flexibility index (Phi) is 5.15. The van der Waals surface area contributed by atoms with Crippen molar-refractivity contribution in [2.24, 2.45) is 0 Å². The Hall–Kier alpha value is -2.20. The van der Waals surface area contributed by atoms with Gasteiger partial charge in [0.1, 0.15) is 5.75 Å². The normalized spacial score (nSPS) is 16.1. The molecule has 0 radical (unpaired) electrons. The molecule has 136 valence electrons. The molecular weight excluding hydrogens is 344 g/mol. The average molecular weight is 368 g/mol. The van der Waals surface area contributed by atoms with Crippen LogP contribution in [0.15, 0.2) is 41.3 Å². The van der Waals surface area contributed by atoms with Crippen LogP contribution in [0, 0.1) is 0 Å². The van der Waals surface area contributed by atoms with E-state index in [9.17, 15) is 4.79 Å². The fourth-order valence-electron chi connectivity index (χ4n) is 3.29. The first-order valence-corrected chi connectivity index (χ1v) is 9.68. The Morgan fingerprint density at radius 2 is 1.92 bits per heavy atom. The van der Waals surface area contributed by atoms with Crippen LogP contribution in [-0.4, -0.2) is 23.9 Å². The van der Waals surface area contributed by atoms with Gasteiger partial charge in [-0.15, -0.1) is 11.8 Å². The van der Waals surface area contributed by atoms with Crippen LogP contribution < -0.4 is 4.74 Å². The summed E-state index contributed by atoms with van der Waals surface area (Å²) in [6.07, 6.45) is 3.23. The second-order valence-corrected chi connectivity index (χ2v) is 8.42. The molecule has 1 N–H and O–H groups in total. The monoisotopic (exact) mass is 368 g/mol. The van der Waals surface area contributed by atoms with Crippen LogP contribution in [0.2, 0.25) is 0 Å². The molecule has 1 aliphatic rings. The highest BCUT2D eigenvalue weighted by atomic mass is 32.2. The minimum Gasteiger partial charge on any atom is -0.496 e. The lowest BCUT2D eigenvalue weighted by Crippen LogP contribution is -2.22. The minimum absolute atomic E-state index is 0.163. The van der Waals surface area contributed by atoms with Gasteiger partial charge in [0.05, 0.1) is 12.7 Å². The zero-order valence-corrected chi connectivity index (χ0v) is 16.4. The van der Waals surface area contributed by atoms with Crippen LogP contribution in [0.1, 0.15) is 54.2 Å². The lowest BCUT2D eigenvalue weighted by molar-refractivity contribution is 0.0697. The van der Waals surface area contributed by atoms with Gasteiger partial charge in [-0.05, 0) is 65.5 Å². The summed E-state index contributed by atoms with van der Waals surface area (Å²) in [6.45, 7) is 6.64. The van der Waals surface area contributed by atoms with Crippen molar-refractivity contribution in [2.75, 3.05) is 12.9 Å². The molecule has 0 amide bonds. The number of hydrogen-bond acceptors (Lipinski definition) is 3. The summed E-state index contributed by atoms with van der Waals surface area (Å²) in [7, 11) is 1.71. The number of ether oxygens (including phenoxy) is 1. The highest BCUT2D eigenvalue weighted by molar-refractivity contribution is 7.99. The Morgan fingerprint density at radius 3 is 2.54 bits per heavy atom. The van der Waals surface area contributed by atoms with Gasteiger partial charge in [0.25, 0.3) is 0 Å². The molecule has 0 bridgehead atoms. The van der Waals surface area contributed by atoms with Crippen molar-refractivity contribution in [1.82, 2.24) is 0 Å². The molecule has 0 aromatic heterocycles. The van der Waals surface area contributed by atoms with E-state index in [4.69, 9.17) is 9.84 Å². The lowest BCUT2D eigenvalue weighted by atomic mass is 9.81. The zero-order chi connectivity index (χ0) is 18.9. The maximum atomic E-state index is 11.0. The van der Waals surface area contributed by atoms with Crippen molar-refractivity contribution in [1.29, 1.82) is 0 Å². The maximum absolute atomic E-state index is 11.0. The molecule has 0 unspecified atom stereocenters. The molecule has 2 aromatic carbocycles. The number of thioether (sulfide) groups is 1. The van der Waals surface area contributed by atoms with Crippen molar-refractivity contribution >= 4 is 29.4 Å². The molecule has 26 heavy (non-hydrogen) atoms. The lowest BCUT2D eigenvalue weighted by Gasteiger charge is -2.33. The van der Waals surface area contributed by atoms with Gasteiger partial charge in [0, 0.05) is 10.5 Å². The van der Waals surface area contributed by atoms with Crippen LogP contribution >= 0.6 is 11.8 Å². The van der Waals surface area contributed by atoms with E-state index in [0.29, 0.717) is 5.56 Å². The molecule has 0 atom stereocenters. The average Bonchev–Trinajstić information content (AvgIpc) is 2.61. The van der Waals surface area contributed by atoms with Crippen molar-refractivity contribution < 1.29 is 14.6 Å². The summed E-state index contributed by atoms with van der Waals surface area (Å²) >= 11 is 1.91. The standard InChI is InChI=1S/C22H24O3S/c1-14(11-15-5-7-16(8-6-15)21(23)24)17-12-20-18(13-19(17)25-4)22(2,3)9-10-26-20/h5-8,11-13H,9-10H2,1-4H3,(H,23,24)/b14-11+. The SMILES string of the molecule is COc1cc2c(cc1/C(C)=C/c1ccc(C(=O)O)cc1)SCCC2(C)C. The molecule has 1 aliphatic heterocycles. The third-order valence-electron chi connectivity index (χ3n) is 4.98. The molecule has 2 aromatic rings. The number of aromatic carboxylic acids is 1. The van der Waals surface area contributed by atoms with Crippen molar-refractivity contribution in [3.63, 3.8) is 0 Å². The van der Waals surface area contributed by atoms with Gasteiger partial charge in [0.2, 0.25) is 0 Å².